The van der Waals surface area contributed by atoms with E-state index in [9.17, 15) is 9.59 Å². The number of ether oxygens (including phenoxy) is 1. The second kappa shape index (κ2) is 15.7. The van der Waals surface area contributed by atoms with Gasteiger partial charge in [0.05, 0.1) is 11.4 Å². The van der Waals surface area contributed by atoms with Crippen molar-refractivity contribution in [1.82, 2.24) is 20.4 Å². The topological polar surface area (TPSA) is 73.9 Å². The van der Waals surface area contributed by atoms with E-state index in [0.717, 1.165) is 55.7 Å². The normalized spacial score (nSPS) is 22.3. The Bertz CT molecular complexity index is 915. The van der Waals surface area contributed by atoms with E-state index in [1.165, 1.54) is 37.7 Å². The third-order valence-corrected chi connectivity index (χ3v) is 10.5. The molecule has 1 aromatic carbocycles. The van der Waals surface area contributed by atoms with Crippen molar-refractivity contribution in [3.8, 4) is 0 Å². The van der Waals surface area contributed by atoms with Gasteiger partial charge < -0.3 is 15.4 Å². The largest absolute Gasteiger partial charge is 0.444 e. The molecule has 224 valence electrons. The standard InChI is InChI=1S/C31H50N4O3S2/c1-31(2,3)38-30(37)35-18-19-40-28(35)20-32-27(23-39-22-25-12-8-5-9-13-25)29(36)33-26-14-16-34(17-15-26)21-24-10-6-4-7-11-24/h4,6-7,10-11,25-28,32H,5,8-9,12-23H2,1-3H3,(H,33,36). The summed E-state index contributed by atoms with van der Waals surface area (Å²) in [6, 6.07) is 10.6. The summed E-state index contributed by atoms with van der Waals surface area (Å²) in [5, 5.41) is 6.92. The van der Waals surface area contributed by atoms with Gasteiger partial charge in [0.2, 0.25) is 5.91 Å². The van der Waals surface area contributed by atoms with Gasteiger partial charge >= 0.3 is 6.09 Å². The molecule has 0 aromatic heterocycles. The van der Waals surface area contributed by atoms with Crippen molar-refractivity contribution in [3.63, 3.8) is 0 Å². The predicted molar refractivity (Wildman–Crippen MR) is 168 cm³/mol. The van der Waals surface area contributed by atoms with Crippen LogP contribution in [0.25, 0.3) is 0 Å². The number of nitrogens with zero attached hydrogens (tertiary/aromatic N) is 2. The highest BCUT2D eigenvalue weighted by Crippen LogP contribution is 2.28. The lowest BCUT2D eigenvalue weighted by Crippen LogP contribution is -2.54. The number of carbonyl (C=O) groups excluding carboxylic acids is 2. The van der Waals surface area contributed by atoms with Gasteiger partial charge in [-0.1, -0.05) is 49.6 Å². The smallest absolute Gasteiger partial charge is 0.411 e. The van der Waals surface area contributed by atoms with Crippen LogP contribution in [-0.4, -0.2) is 88.3 Å². The summed E-state index contributed by atoms with van der Waals surface area (Å²) in [4.78, 5) is 30.6. The van der Waals surface area contributed by atoms with Crippen molar-refractivity contribution >= 4 is 35.5 Å². The van der Waals surface area contributed by atoms with Gasteiger partial charge in [0, 0.05) is 50.3 Å². The molecular formula is C31H50N4O3S2. The van der Waals surface area contributed by atoms with Crippen LogP contribution >= 0.6 is 23.5 Å². The van der Waals surface area contributed by atoms with E-state index in [1.807, 2.05) is 37.4 Å². The Balaban J connectivity index is 1.28. The third kappa shape index (κ3) is 10.4. The fraction of sp³-hybridized carbons (Fsp3) is 0.742. The third-order valence-electron chi connectivity index (χ3n) is 8.02. The molecule has 0 spiro atoms. The molecule has 4 rings (SSSR count). The number of benzene rings is 1. The number of nitrogens with one attached hydrogen (secondary N) is 2. The molecule has 1 saturated carbocycles. The Labute approximate surface area is 250 Å². The van der Waals surface area contributed by atoms with Crippen molar-refractivity contribution in [1.29, 1.82) is 0 Å². The number of carbonyl (C=O) groups is 2. The second-order valence-electron chi connectivity index (χ2n) is 12.5. The molecule has 7 nitrogen and oxygen atoms in total. The molecule has 9 heteroatoms. The van der Waals surface area contributed by atoms with Crippen LogP contribution < -0.4 is 10.6 Å². The number of likely N-dealkylation sites (tertiary alicyclic amines) is 1. The van der Waals surface area contributed by atoms with Gasteiger partial charge in [-0.05, 0) is 63.7 Å². The van der Waals surface area contributed by atoms with Gasteiger partial charge in [-0.2, -0.15) is 11.8 Å². The first-order valence-corrected chi connectivity index (χ1v) is 17.5. The van der Waals surface area contributed by atoms with E-state index < -0.39 is 5.60 Å². The summed E-state index contributed by atoms with van der Waals surface area (Å²) in [6.07, 6.45) is 8.39. The van der Waals surface area contributed by atoms with Gasteiger partial charge in [-0.3, -0.25) is 14.6 Å². The lowest BCUT2D eigenvalue weighted by Gasteiger charge is -2.33. The molecule has 1 aliphatic carbocycles. The molecule has 2 aliphatic heterocycles. The molecule has 3 fully saturated rings. The second-order valence-corrected chi connectivity index (χ2v) is 14.9. The number of piperidine rings is 1. The molecular weight excluding hydrogens is 541 g/mol. The van der Waals surface area contributed by atoms with E-state index in [0.29, 0.717) is 13.1 Å². The zero-order valence-corrected chi connectivity index (χ0v) is 26.4. The number of amides is 2. The summed E-state index contributed by atoms with van der Waals surface area (Å²) >= 11 is 3.67. The van der Waals surface area contributed by atoms with E-state index in [1.54, 1.807) is 11.8 Å². The number of hydrogen-bond donors (Lipinski definition) is 2. The van der Waals surface area contributed by atoms with Gasteiger partial charge in [0.15, 0.2) is 0 Å². The quantitative estimate of drug-likeness (QED) is 0.360. The molecule has 2 heterocycles. The van der Waals surface area contributed by atoms with Gasteiger partial charge in [0.1, 0.15) is 5.60 Å². The fourth-order valence-electron chi connectivity index (χ4n) is 5.78. The van der Waals surface area contributed by atoms with E-state index >= 15 is 0 Å². The van der Waals surface area contributed by atoms with Crippen LogP contribution in [0.2, 0.25) is 0 Å². The van der Waals surface area contributed by atoms with Crippen LogP contribution in [0.1, 0.15) is 71.3 Å². The first-order valence-electron chi connectivity index (χ1n) is 15.3. The van der Waals surface area contributed by atoms with Gasteiger partial charge in [0.25, 0.3) is 0 Å². The van der Waals surface area contributed by atoms with Crippen molar-refractivity contribution in [2.45, 2.75) is 95.3 Å². The highest BCUT2D eigenvalue weighted by atomic mass is 32.2. The monoisotopic (exact) mass is 590 g/mol. The van der Waals surface area contributed by atoms with Crippen molar-refractivity contribution in [2.75, 3.05) is 43.4 Å². The average Bonchev–Trinajstić information content (AvgIpc) is 3.41. The molecule has 0 radical (unpaired) electrons. The highest BCUT2D eigenvalue weighted by Gasteiger charge is 2.34. The van der Waals surface area contributed by atoms with E-state index in [-0.39, 0.29) is 29.5 Å². The molecule has 2 atom stereocenters. The van der Waals surface area contributed by atoms with Crippen LogP contribution in [-0.2, 0) is 16.1 Å². The number of thioether (sulfide) groups is 2. The van der Waals surface area contributed by atoms with Crippen LogP contribution in [0.5, 0.6) is 0 Å². The maximum atomic E-state index is 13.6. The summed E-state index contributed by atoms with van der Waals surface area (Å²) in [5.41, 5.74) is 0.825. The molecule has 2 unspecified atom stereocenters. The van der Waals surface area contributed by atoms with E-state index in [4.69, 9.17) is 4.74 Å². The Morgan fingerprint density at radius 3 is 2.48 bits per heavy atom. The SMILES string of the molecule is CC(C)(C)OC(=O)N1CCSC1CNC(CSCC1CCCCC1)C(=O)NC1CCN(Cc2ccccc2)CC1. The first-order chi connectivity index (χ1) is 19.3. The Hall–Kier alpha value is -1.42. The number of hydrogen-bond acceptors (Lipinski definition) is 7. The molecule has 2 saturated heterocycles. The minimum Gasteiger partial charge on any atom is -0.444 e. The molecule has 3 aliphatic rings. The lowest BCUT2D eigenvalue weighted by molar-refractivity contribution is -0.123. The van der Waals surface area contributed by atoms with E-state index in [2.05, 4.69) is 45.9 Å². The summed E-state index contributed by atoms with van der Waals surface area (Å²) in [5.74, 6) is 3.67. The zero-order chi connectivity index (χ0) is 28.4. The lowest BCUT2D eigenvalue weighted by atomic mass is 9.91. The summed E-state index contributed by atoms with van der Waals surface area (Å²) < 4.78 is 5.64. The highest BCUT2D eigenvalue weighted by molar-refractivity contribution is 8.00. The minimum absolute atomic E-state index is 0.0188. The first kappa shape index (κ1) is 31.5. The van der Waals surface area contributed by atoms with Crippen molar-refractivity contribution in [2.24, 2.45) is 5.92 Å². The summed E-state index contributed by atoms with van der Waals surface area (Å²) in [7, 11) is 0. The van der Waals surface area contributed by atoms with Crippen LogP contribution in [0.15, 0.2) is 30.3 Å². The Morgan fingerprint density at radius 2 is 1.77 bits per heavy atom. The maximum absolute atomic E-state index is 13.6. The summed E-state index contributed by atoms with van der Waals surface area (Å²) in [6.45, 7) is 9.93. The fourth-order valence-corrected chi connectivity index (χ4v) is 8.24. The van der Waals surface area contributed by atoms with Crippen molar-refractivity contribution < 1.29 is 14.3 Å². The minimum atomic E-state index is -0.517. The molecule has 1 aromatic rings. The molecule has 0 bridgehead atoms. The molecule has 2 amide bonds. The maximum Gasteiger partial charge on any atom is 0.411 e. The van der Waals surface area contributed by atoms with Gasteiger partial charge in [-0.25, -0.2) is 4.79 Å². The molecule has 2 N–H and O–H groups in total. The van der Waals surface area contributed by atoms with Crippen LogP contribution in [0.4, 0.5) is 4.79 Å². The van der Waals surface area contributed by atoms with Gasteiger partial charge in [-0.15, -0.1) is 11.8 Å². The Kier molecular flexibility index (Phi) is 12.4. The van der Waals surface area contributed by atoms with Crippen LogP contribution in [0.3, 0.4) is 0 Å². The zero-order valence-electron chi connectivity index (χ0n) is 24.7. The van der Waals surface area contributed by atoms with Crippen molar-refractivity contribution in [3.05, 3.63) is 35.9 Å². The average molecular weight is 591 g/mol. The predicted octanol–water partition coefficient (Wildman–Crippen LogP) is 5.35. The van der Waals surface area contributed by atoms with Crippen LogP contribution in [0, 0.1) is 5.92 Å². The Morgan fingerprint density at radius 1 is 1.05 bits per heavy atom. The molecule has 40 heavy (non-hydrogen) atoms. The number of rotatable bonds is 11.